The van der Waals surface area contributed by atoms with Crippen molar-refractivity contribution in [3.63, 3.8) is 0 Å². The largest absolute Gasteiger partial charge is 0.573 e. The Morgan fingerprint density at radius 2 is 2.11 bits per heavy atom. The lowest BCUT2D eigenvalue weighted by Gasteiger charge is -2.13. The maximum absolute atomic E-state index is 12.2. The van der Waals surface area contributed by atoms with Crippen molar-refractivity contribution in [2.24, 2.45) is 0 Å². The average molecular weight is 338 g/mol. The molecule has 0 aliphatic carbocycles. The Hall–Kier alpha value is -1.75. The molecule has 0 heterocycles. The molecule has 4 nitrogen and oxygen atoms in total. The summed E-state index contributed by atoms with van der Waals surface area (Å²) in [4.78, 5) is 11.3. The van der Waals surface area contributed by atoms with Crippen molar-refractivity contribution in [2.75, 3.05) is 7.11 Å². The highest BCUT2D eigenvalue weighted by atomic mass is 79.9. The zero-order valence-electron chi connectivity index (χ0n) is 9.55. The van der Waals surface area contributed by atoms with E-state index in [4.69, 9.17) is 5.26 Å². The molecule has 0 aromatic heterocycles. The number of benzene rings is 1. The highest BCUT2D eigenvalue weighted by Crippen LogP contribution is 2.31. The number of methoxy groups -OCH3 is 1. The van der Waals surface area contributed by atoms with Gasteiger partial charge in [-0.15, -0.1) is 13.2 Å². The molecule has 0 aliphatic rings. The summed E-state index contributed by atoms with van der Waals surface area (Å²) in [7, 11) is 1.10. The first-order valence-corrected chi connectivity index (χ1v) is 5.91. The van der Waals surface area contributed by atoms with E-state index in [0.29, 0.717) is 0 Å². The molecule has 0 radical (unpaired) electrons. The first-order valence-electron chi connectivity index (χ1n) is 4.79. The van der Waals surface area contributed by atoms with Crippen molar-refractivity contribution >= 4 is 21.9 Å². The fourth-order valence-corrected chi connectivity index (χ4v) is 1.79. The minimum atomic E-state index is -4.95. The quantitative estimate of drug-likeness (QED) is 0.628. The van der Waals surface area contributed by atoms with Crippen LogP contribution < -0.4 is 4.74 Å². The van der Waals surface area contributed by atoms with Gasteiger partial charge in [0, 0.05) is 5.33 Å². The summed E-state index contributed by atoms with van der Waals surface area (Å²) in [5, 5.41) is 8.97. The number of carbonyl (C=O) groups excluding carboxylic acids is 1. The predicted molar refractivity (Wildman–Crippen MR) is 61.8 cm³/mol. The normalized spacial score (nSPS) is 10.7. The topological polar surface area (TPSA) is 59.3 Å². The lowest BCUT2D eigenvalue weighted by molar-refractivity contribution is -0.274. The predicted octanol–water partition coefficient (Wildman–Crippen LogP) is 3.14. The Balaban J connectivity index is 3.41. The highest BCUT2D eigenvalue weighted by Gasteiger charge is 2.33. The standard InChI is InChI=1S/C11H7BrF3NO3/c1-18-10(17)6-2-7(4-12)8(5-16)9(3-6)19-11(13,14)15/h2-3H,4H2,1H3. The summed E-state index contributed by atoms with van der Waals surface area (Å²) in [6.45, 7) is 0. The second kappa shape index (κ2) is 5.93. The Kier molecular flexibility index (Phi) is 4.78. The molecule has 0 spiro atoms. The van der Waals surface area contributed by atoms with Crippen LogP contribution >= 0.6 is 15.9 Å². The minimum absolute atomic E-state index is 0.0922. The number of hydrogen-bond donors (Lipinski definition) is 0. The molecule has 0 fully saturated rings. The van der Waals surface area contributed by atoms with Gasteiger partial charge in [-0.2, -0.15) is 5.26 Å². The van der Waals surface area contributed by atoms with Crippen LogP contribution in [0.4, 0.5) is 13.2 Å². The van der Waals surface area contributed by atoms with Crippen molar-refractivity contribution in [1.82, 2.24) is 0 Å². The van der Waals surface area contributed by atoms with Crippen LogP contribution in [0.25, 0.3) is 0 Å². The molecule has 1 aromatic rings. The number of halogens is 4. The molecule has 1 aromatic carbocycles. The van der Waals surface area contributed by atoms with E-state index in [1.807, 2.05) is 0 Å². The Morgan fingerprint density at radius 1 is 1.47 bits per heavy atom. The third-order valence-corrected chi connectivity index (χ3v) is 2.69. The first-order chi connectivity index (χ1) is 8.82. The van der Waals surface area contributed by atoms with Gasteiger partial charge in [-0.3, -0.25) is 0 Å². The van der Waals surface area contributed by atoms with Crippen molar-refractivity contribution in [3.8, 4) is 11.8 Å². The molecular formula is C11H7BrF3NO3. The van der Waals surface area contributed by atoms with Gasteiger partial charge >= 0.3 is 12.3 Å². The zero-order valence-corrected chi connectivity index (χ0v) is 11.1. The fourth-order valence-electron chi connectivity index (χ4n) is 1.35. The first kappa shape index (κ1) is 15.3. The third-order valence-electron chi connectivity index (χ3n) is 2.09. The number of nitriles is 1. The van der Waals surface area contributed by atoms with Gasteiger partial charge in [0.25, 0.3) is 0 Å². The van der Waals surface area contributed by atoms with E-state index in [9.17, 15) is 18.0 Å². The van der Waals surface area contributed by atoms with E-state index in [1.54, 1.807) is 6.07 Å². The highest BCUT2D eigenvalue weighted by molar-refractivity contribution is 9.08. The maximum atomic E-state index is 12.2. The van der Waals surface area contributed by atoms with Crippen LogP contribution in [-0.2, 0) is 10.1 Å². The summed E-state index contributed by atoms with van der Waals surface area (Å²) in [5.74, 6) is -1.55. The van der Waals surface area contributed by atoms with Gasteiger partial charge < -0.3 is 9.47 Å². The number of nitrogens with zero attached hydrogens (tertiary/aromatic N) is 1. The molecule has 8 heteroatoms. The smallest absolute Gasteiger partial charge is 0.465 e. The number of ether oxygens (including phenoxy) is 2. The number of alkyl halides is 4. The average Bonchev–Trinajstić information content (AvgIpc) is 2.34. The third kappa shape index (κ3) is 3.86. The van der Waals surface area contributed by atoms with E-state index in [-0.39, 0.29) is 22.0 Å². The van der Waals surface area contributed by atoms with Gasteiger partial charge in [0.2, 0.25) is 0 Å². The lowest BCUT2D eigenvalue weighted by Crippen LogP contribution is -2.19. The molecule has 0 bridgehead atoms. The van der Waals surface area contributed by atoms with Crippen LogP contribution in [0, 0.1) is 11.3 Å². The van der Waals surface area contributed by atoms with Gasteiger partial charge in [-0.25, -0.2) is 4.79 Å². The Labute approximate surface area is 114 Å². The summed E-state index contributed by atoms with van der Waals surface area (Å²) >= 11 is 3.03. The van der Waals surface area contributed by atoms with Gasteiger partial charge in [0.15, 0.2) is 0 Å². The van der Waals surface area contributed by atoms with Crippen molar-refractivity contribution < 1.29 is 27.4 Å². The minimum Gasteiger partial charge on any atom is -0.465 e. The lowest BCUT2D eigenvalue weighted by atomic mass is 10.0. The molecule has 0 atom stereocenters. The summed E-state index contributed by atoms with van der Waals surface area (Å²) in [6.07, 6.45) is -4.95. The molecule has 1 rings (SSSR count). The van der Waals surface area contributed by atoms with Crippen molar-refractivity contribution in [2.45, 2.75) is 11.7 Å². The zero-order chi connectivity index (χ0) is 14.6. The number of rotatable bonds is 3. The molecule has 0 N–H and O–H groups in total. The fraction of sp³-hybridized carbons (Fsp3) is 0.273. The second-order valence-electron chi connectivity index (χ2n) is 3.29. The number of hydrogen-bond acceptors (Lipinski definition) is 4. The van der Waals surface area contributed by atoms with Crippen LogP contribution in [0.3, 0.4) is 0 Å². The van der Waals surface area contributed by atoms with E-state index in [0.717, 1.165) is 13.2 Å². The summed E-state index contributed by atoms with van der Waals surface area (Å²) in [5.41, 5.74) is -0.221. The second-order valence-corrected chi connectivity index (χ2v) is 3.85. The van der Waals surface area contributed by atoms with Gasteiger partial charge in [0.05, 0.1) is 18.2 Å². The van der Waals surface area contributed by atoms with E-state index in [2.05, 4.69) is 25.4 Å². The summed E-state index contributed by atoms with van der Waals surface area (Å²) in [6, 6.07) is 3.70. The van der Waals surface area contributed by atoms with Crippen LogP contribution in [0.15, 0.2) is 12.1 Å². The van der Waals surface area contributed by atoms with Crippen molar-refractivity contribution in [1.29, 1.82) is 5.26 Å². The molecule has 0 saturated carbocycles. The molecular weight excluding hydrogens is 331 g/mol. The van der Waals surface area contributed by atoms with E-state index < -0.39 is 18.1 Å². The van der Waals surface area contributed by atoms with Crippen LogP contribution in [0.1, 0.15) is 21.5 Å². The molecule has 0 saturated heterocycles. The van der Waals surface area contributed by atoms with Crippen molar-refractivity contribution in [3.05, 3.63) is 28.8 Å². The van der Waals surface area contributed by atoms with Crippen LogP contribution in [0.2, 0.25) is 0 Å². The summed E-state index contributed by atoms with van der Waals surface area (Å²) < 4.78 is 44.9. The van der Waals surface area contributed by atoms with Crippen LogP contribution in [0.5, 0.6) is 5.75 Å². The van der Waals surface area contributed by atoms with E-state index >= 15 is 0 Å². The van der Waals surface area contributed by atoms with Gasteiger partial charge in [-0.05, 0) is 17.7 Å². The molecule has 0 aliphatic heterocycles. The molecule has 102 valence electrons. The Morgan fingerprint density at radius 3 is 2.53 bits per heavy atom. The maximum Gasteiger partial charge on any atom is 0.573 e. The molecule has 0 amide bonds. The monoisotopic (exact) mass is 337 g/mol. The van der Waals surface area contributed by atoms with Gasteiger partial charge in [0.1, 0.15) is 11.8 Å². The number of carbonyl (C=O) groups is 1. The van der Waals surface area contributed by atoms with E-state index in [1.165, 1.54) is 6.07 Å². The number of esters is 1. The molecule has 0 unspecified atom stereocenters. The SMILES string of the molecule is COC(=O)c1cc(CBr)c(C#N)c(OC(F)(F)F)c1. The van der Waals surface area contributed by atoms with Crippen LogP contribution in [-0.4, -0.2) is 19.4 Å². The van der Waals surface area contributed by atoms with Gasteiger partial charge in [-0.1, -0.05) is 15.9 Å². The Bertz CT molecular complexity index is 537. The molecule has 19 heavy (non-hydrogen) atoms.